The molecule has 0 amide bonds. The van der Waals surface area contributed by atoms with Crippen molar-refractivity contribution < 1.29 is 22.8 Å². The Morgan fingerprint density at radius 1 is 0.828 bits per heavy atom. The lowest BCUT2D eigenvalue weighted by atomic mass is 10.0. The number of ether oxygens (including phenoxy) is 1. The summed E-state index contributed by atoms with van der Waals surface area (Å²) in [5.41, 5.74) is 1.21. The number of benzene rings is 2. The molecule has 2 aromatic carbocycles. The number of unbranched alkanes of at least 4 members (excludes halogenated alkanes) is 8. The third-order valence-electron chi connectivity index (χ3n) is 4.93. The Bertz CT molecular complexity index is 844. The van der Waals surface area contributed by atoms with Gasteiger partial charge in [-0.1, -0.05) is 70.4 Å². The molecule has 0 aliphatic rings. The van der Waals surface area contributed by atoms with E-state index in [1.54, 1.807) is 12.1 Å². The van der Waals surface area contributed by atoms with E-state index in [2.05, 4.69) is 6.92 Å². The molecule has 6 heteroatoms. The first-order valence-electron chi connectivity index (χ1n) is 10.5. The maximum absolute atomic E-state index is 11.5. The minimum atomic E-state index is -4.50. The second-order valence-electron chi connectivity index (χ2n) is 7.43. The number of phenols is 1. The van der Waals surface area contributed by atoms with Gasteiger partial charge in [-0.15, -0.1) is 0 Å². The van der Waals surface area contributed by atoms with Crippen LogP contribution < -0.4 is 4.74 Å². The summed E-state index contributed by atoms with van der Waals surface area (Å²) in [6.07, 6.45) is 12.7. The Morgan fingerprint density at radius 3 is 2.00 bits per heavy atom. The summed E-state index contributed by atoms with van der Waals surface area (Å²) in [5, 5.41) is 9.46. The Hall–Kier alpha value is -2.05. The first-order chi connectivity index (χ1) is 13.9. The highest BCUT2D eigenvalue weighted by Crippen LogP contribution is 2.31. The molecule has 0 aliphatic heterocycles. The molecule has 5 nitrogen and oxygen atoms in total. The summed E-state index contributed by atoms with van der Waals surface area (Å²) < 4.78 is 37.9. The van der Waals surface area contributed by atoms with Crippen LogP contribution in [-0.4, -0.2) is 18.1 Å². The highest BCUT2D eigenvalue weighted by molar-refractivity contribution is 7.86. The Labute approximate surface area is 174 Å². The van der Waals surface area contributed by atoms with Crippen molar-refractivity contribution in [2.75, 3.05) is 0 Å². The van der Waals surface area contributed by atoms with E-state index in [1.807, 2.05) is 12.1 Å². The van der Waals surface area contributed by atoms with Crippen LogP contribution in [0.25, 0.3) is 0 Å². The van der Waals surface area contributed by atoms with Crippen LogP contribution in [0.3, 0.4) is 0 Å². The zero-order valence-electron chi connectivity index (χ0n) is 17.1. The van der Waals surface area contributed by atoms with Crippen LogP contribution in [0.1, 0.15) is 70.3 Å². The molecule has 0 saturated heterocycles. The van der Waals surface area contributed by atoms with Gasteiger partial charge in [0.05, 0.1) is 0 Å². The summed E-state index contributed by atoms with van der Waals surface area (Å²) >= 11 is 0. The van der Waals surface area contributed by atoms with Crippen LogP contribution in [0.4, 0.5) is 0 Å². The monoisotopic (exact) mass is 420 g/mol. The molecule has 2 aromatic rings. The Balaban J connectivity index is 1.78. The molecule has 0 aliphatic carbocycles. The van der Waals surface area contributed by atoms with Crippen LogP contribution in [0.2, 0.25) is 0 Å². The molecular formula is C23H32O5S. The van der Waals surface area contributed by atoms with E-state index in [1.165, 1.54) is 69.1 Å². The highest BCUT2D eigenvalue weighted by Gasteiger charge is 2.18. The molecule has 0 heterocycles. The predicted octanol–water partition coefficient (Wildman–Crippen LogP) is 6.50. The van der Waals surface area contributed by atoms with E-state index in [9.17, 15) is 18.1 Å². The van der Waals surface area contributed by atoms with E-state index in [0.717, 1.165) is 18.9 Å². The molecule has 29 heavy (non-hydrogen) atoms. The van der Waals surface area contributed by atoms with E-state index in [0.29, 0.717) is 5.75 Å². The maximum Gasteiger partial charge on any atom is 0.298 e. The van der Waals surface area contributed by atoms with Gasteiger partial charge in [-0.05, 0) is 42.7 Å². The van der Waals surface area contributed by atoms with Crippen molar-refractivity contribution in [2.45, 2.75) is 76.0 Å². The molecule has 0 atom stereocenters. The normalized spacial score (nSPS) is 11.5. The van der Waals surface area contributed by atoms with Gasteiger partial charge in [0.15, 0.2) is 0 Å². The van der Waals surface area contributed by atoms with Crippen molar-refractivity contribution in [3.05, 3.63) is 48.0 Å². The van der Waals surface area contributed by atoms with Crippen molar-refractivity contribution >= 4 is 10.1 Å². The fourth-order valence-electron chi connectivity index (χ4n) is 3.27. The minimum absolute atomic E-state index is 0.0306. The summed E-state index contributed by atoms with van der Waals surface area (Å²) in [5.74, 6) is 0.176. The zero-order chi connectivity index (χ0) is 21.1. The third kappa shape index (κ3) is 8.46. The van der Waals surface area contributed by atoms with Crippen LogP contribution >= 0.6 is 0 Å². The maximum atomic E-state index is 11.5. The first-order valence-corrected chi connectivity index (χ1v) is 11.9. The molecule has 0 fully saturated rings. The highest BCUT2D eigenvalue weighted by atomic mass is 32.2. The van der Waals surface area contributed by atoms with Crippen LogP contribution in [-0.2, 0) is 16.5 Å². The van der Waals surface area contributed by atoms with Crippen molar-refractivity contribution in [1.29, 1.82) is 0 Å². The van der Waals surface area contributed by atoms with Gasteiger partial charge in [0, 0.05) is 6.07 Å². The number of aryl methyl sites for hydroxylation is 1. The lowest BCUT2D eigenvalue weighted by molar-refractivity contribution is 0.439. The first kappa shape index (κ1) is 23.2. The topological polar surface area (TPSA) is 83.8 Å². The standard InChI is InChI=1S/C23H32O5S/c1-2-3-4-5-6-7-8-9-10-11-19-12-15-21(16-13-19)28-22-17-14-20(24)18-23(22)29(25,26)27/h12-18,24H,2-11H2,1H3,(H,25,26,27). The summed E-state index contributed by atoms with van der Waals surface area (Å²) in [6, 6.07) is 11.1. The lowest BCUT2D eigenvalue weighted by Gasteiger charge is -2.10. The molecule has 0 unspecified atom stereocenters. The van der Waals surface area contributed by atoms with Crippen LogP contribution in [0.5, 0.6) is 17.2 Å². The van der Waals surface area contributed by atoms with Gasteiger partial charge in [0.25, 0.3) is 10.1 Å². The van der Waals surface area contributed by atoms with Crippen molar-refractivity contribution in [1.82, 2.24) is 0 Å². The third-order valence-corrected chi connectivity index (χ3v) is 5.80. The van der Waals surface area contributed by atoms with Crippen molar-refractivity contribution in [3.8, 4) is 17.2 Å². The molecule has 0 saturated carbocycles. The van der Waals surface area contributed by atoms with E-state index in [4.69, 9.17) is 4.74 Å². The summed E-state index contributed by atoms with van der Waals surface area (Å²) in [6.45, 7) is 2.24. The van der Waals surface area contributed by atoms with Crippen LogP contribution in [0.15, 0.2) is 47.4 Å². The number of aromatic hydroxyl groups is 1. The largest absolute Gasteiger partial charge is 0.508 e. The number of hydrogen-bond acceptors (Lipinski definition) is 4. The molecule has 160 valence electrons. The van der Waals surface area contributed by atoms with E-state index in [-0.39, 0.29) is 11.5 Å². The van der Waals surface area contributed by atoms with Gasteiger partial charge >= 0.3 is 0 Å². The predicted molar refractivity (Wildman–Crippen MR) is 115 cm³/mol. The van der Waals surface area contributed by atoms with Crippen molar-refractivity contribution in [3.63, 3.8) is 0 Å². The van der Waals surface area contributed by atoms with Gasteiger partial charge in [0.1, 0.15) is 22.1 Å². The number of rotatable bonds is 13. The average molecular weight is 421 g/mol. The van der Waals surface area contributed by atoms with E-state index >= 15 is 0 Å². The van der Waals surface area contributed by atoms with Gasteiger partial charge in [-0.25, -0.2) is 0 Å². The molecule has 2 N–H and O–H groups in total. The number of hydrogen-bond donors (Lipinski definition) is 2. The quantitative estimate of drug-likeness (QED) is 0.285. The second kappa shape index (κ2) is 11.8. The van der Waals surface area contributed by atoms with Gasteiger partial charge in [-0.3, -0.25) is 4.55 Å². The Morgan fingerprint density at radius 2 is 1.41 bits per heavy atom. The minimum Gasteiger partial charge on any atom is -0.508 e. The fraction of sp³-hybridized carbons (Fsp3) is 0.478. The van der Waals surface area contributed by atoms with Crippen LogP contribution in [0, 0.1) is 0 Å². The second-order valence-corrected chi connectivity index (χ2v) is 8.82. The fourth-order valence-corrected chi connectivity index (χ4v) is 3.91. The molecule has 2 rings (SSSR count). The average Bonchev–Trinajstić information content (AvgIpc) is 2.68. The Kier molecular flexibility index (Phi) is 9.48. The molecule has 0 aromatic heterocycles. The smallest absolute Gasteiger partial charge is 0.298 e. The summed E-state index contributed by atoms with van der Waals surface area (Å²) in [4.78, 5) is -0.462. The molecule has 0 bridgehead atoms. The summed E-state index contributed by atoms with van der Waals surface area (Å²) in [7, 11) is -4.50. The van der Waals surface area contributed by atoms with Gasteiger partial charge in [0.2, 0.25) is 0 Å². The zero-order valence-corrected chi connectivity index (χ0v) is 18.0. The molecule has 0 radical (unpaired) electrons. The number of phenolic OH excluding ortho intramolecular Hbond substituents is 1. The lowest BCUT2D eigenvalue weighted by Crippen LogP contribution is -2.01. The van der Waals surface area contributed by atoms with E-state index < -0.39 is 15.0 Å². The van der Waals surface area contributed by atoms with Crippen molar-refractivity contribution in [2.24, 2.45) is 0 Å². The SMILES string of the molecule is CCCCCCCCCCCc1ccc(Oc2ccc(O)cc2S(=O)(=O)O)cc1. The molecular weight excluding hydrogens is 388 g/mol. The van der Waals surface area contributed by atoms with Gasteiger partial charge in [-0.2, -0.15) is 8.42 Å². The van der Waals surface area contributed by atoms with Gasteiger partial charge < -0.3 is 9.84 Å². The molecule has 0 spiro atoms.